The Morgan fingerprint density at radius 2 is 2.19 bits per heavy atom. The van der Waals surface area contributed by atoms with Crippen LogP contribution in [0.25, 0.3) is 0 Å². The second-order valence-corrected chi connectivity index (χ2v) is 5.47. The minimum atomic E-state index is -1.46. The molecule has 7 heteroatoms. The summed E-state index contributed by atoms with van der Waals surface area (Å²) in [5.41, 5.74) is 10.4. The minimum Gasteiger partial charge on any atom is -0.459 e. The molecule has 0 amide bonds. The number of anilines is 1. The van der Waals surface area contributed by atoms with Crippen LogP contribution in [-0.4, -0.2) is 31.5 Å². The van der Waals surface area contributed by atoms with Crippen molar-refractivity contribution < 1.29 is 18.3 Å². The van der Waals surface area contributed by atoms with E-state index in [9.17, 15) is 8.78 Å². The summed E-state index contributed by atoms with van der Waals surface area (Å²) in [6.45, 7) is 1.12. The number of hydrogen-bond donors (Lipinski definition) is 2. The Morgan fingerprint density at radius 1 is 1.43 bits per heavy atom. The van der Waals surface area contributed by atoms with Crippen molar-refractivity contribution >= 4 is 11.7 Å². The van der Waals surface area contributed by atoms with E-state index < -0.39 is 30.1 Å². The van der Waals surface area contributed by atoms with Crippen molar-refractivity contribution in [2.75, 3.05) is 19.0 Å². The quantitative estimate of drug-likeness (QED) is 0.807. The number of halogens is 2. The molecule has 2 aliphatic rings. The number of ether oxygens (including phenoxy) is 2. The SMILES string of the molecule is C[C@H]1OC[C@H]2[C@@H]1OC(N)=N[C@]2(CF)c1cc(N)ccc1F. The molecule has 4 N–H and O–H groups in total. The minimum absolute atomic E-state index is 0.0870. The third-order valence-electron chi connectivity index (χ3n) is 4.24. The van der Waals surface area contributed by atoms with Gasteiger partial charge in [0.1, 0.15) is 24.1 Å². The number of alkyl halides is 1. The van der Waals surface area contributed by atoms with E-state index in [1.54, 1.807) is 0 Å². The zero-order valence-electron chi connectivity index (χ0n) is 11.6. The van der Waals surface area contributed by atoms with E-state index in [1.807, 2.05) is 6.92 Å². The number of nitrogen functional groups attached to an aromatic ring is 1. The number of nitrogens with zero attached hydrogens (tertiary/aromatic N) is 1. The first-order valence-corrected chi connectivity index (χ1v) is 6.73. The molecule has 21 heavy (non-hydrogen) atoms. The molecular formula is C14H17F2N3O2. The van der Waals surface area contributed by atoms with Crippen LogP contribution in [0.2, 0.25) is 0 Å². The highest BCUT2D eigenvalue weighted by Gasteiger charge is 2.55. The standard InChI is InChI=1S/C14H17F2N3O2/c1-7-12-10(5-20-7)14(6-15,19-13(18)21-12)9-4-8(17)2-3-11(9)16/h2-4,7,10,12H,5-6,17H2,1H3,(H2,18,19)/t7-,10+,12-,14-/m1/s1. The number of hydrogen-bond acceptors (Lipinski definition) is 5. The van der Waals surface area contributed by atoms with Crippen LogP contribution in [0.5, 0.6) is 0 Å². The van der Waals surface area contributed by atoms with Gasteiger partial charge in [0.15, 0.2) is 0 Å². The van der Waals surface area contributed by atoms with E-state index in [0.717, 1.165) is 0 Å². The summed E-state index contributed by atoms with van der Waals surface area (Å²) >= 11 is 0. The molecule has 0 unspecified atom stereocenters. The molecule has 3 rings (SSSR count). The Hall–Kier alpha value is -1.89. The van der Waals surface area contributed by atoms with Crippen molar-refractivity contribution in [2.24, 2.45) is 16.6 Å². The van der Waals surface area contributed by atoms with Crippen molar-refractivity contribution in [2.45, 2.75) is 24.7 Å². The molecule has 0 aromatic heterocycles. The van der Waals surface area contributed by atoms with Gasteiger partial charge in [0, 0.05) is 11.3 Å². The van der Waals surface area contributed by atoms with Crippen molar-refractivity contribution in [3.8, 4) is 0 Å². The normalized spacial score (nSPS) is 35.0. The molecule has 0 aliphatic carbocycles. The Labute approximate surface area is 120 Å². The van der Waals surface area contributed by atoms with Crippen molar-refractivity contribution in [3.05, 3.63) is 29.6 Å². The van der Waals surface area contributed by atoms with Crippen LogP contribution >= 0.6 is 0 Å². The fraction of sp³-hybridized carbons (Fsp3) is 0.500. The van der Waals surface area contributed by atoms with Crippen LogP contribution in [0.4, 0.5) is 14.5 Å². The lowest BCUT2D eigenvalue weighted by Gasteiger charge is -2.40. The number of benzene rings is 1. The lowest BCUT2D eigenvalue weighted by atomic mass is 9.75. The van der Waals surface area contributed by atoms with Crippen LogP contribution < -0.4 is 11.5 Å². The van der Waals surface area contributed by atoms with Gasteiger partial charge < -0.3 is 20.9 Å². The molecular weight excluding hydrogens is 280 g/mol. The van der Waals surface area contributed by atoms with Gasteiger partial charge in [0.25, 0.3) is 6.02 Å². The molecule has 1 aromatic rings. The molecule has 0 radical (unpaired) electrons. The van der Waals surface area contributed by atoms with Crippen molar-refractivity contribution in [3.63, 3.8) is 0 Å². The predicted octanol–water partition coefficient (Wildman–Crippen LogP) is 1.32. The van der Waals surface area contributed by atoms with Crippen LogP contribution in [0.1, 0.15) is 12.5 Å². The van der Waals surface area contributed by atoms with Gasteiger partial charge in [-0.25, -0.2) is 13.8 Å². The van der Waals surface area contributed by atoms with Crippen LogP contribution in [0.15, 0.2) is 23.2 Å². The zero-order chi connectivity index (χ0) is 15.2. The molecule has 0 bridgehead atoms. The van der Waals surface area contributed by atoms with Crippen LogP contribution in [0, 0.1) is 11.7 Å². The van der Waals surface area contributed by atoms with Gasteiger partial charge in [0.2, 0.25) is 0 Å². The third-order valence-corrected chi connectivity index (χ3v) is 4.24. The van der Waals surface area contributed by atoms with Crippen LogP contribution in [-0.2, 0) is 15.0 Å². The summed E-state index contributed by atoms with van der Waals surface area (Å²) in [6, 6.07) is 3.87. The first-order valence-electron chi connectivity index (χ1n) is 6.73. The van der Waals surface area contributed by atoms with Gasteiger partial charge in [-0.05, 0) is 25.1 Å². The number of amidine groups is 1. The molecule has 1 aromatic carbocycles. The van der Waals surface area contributed by atoms with Gasteiger partial charge in [-0.1, -0.05) is 0 Å². The molecule has 2 heterocycles. The summed E-state index contributed by atoms with van der Waals surface area (Å²) in [4.78, 5) is 4.10. The largest absolute Gasteiger partial charge is 0.459 e. The highest BCUT2D eigenvalue weighted by molar-refractivity contribution is 5.73. The Kier molecular flexibility index (Phi) is 3.24. The zero-order valence-corrected chi connectivity index (χ0v) is 11.6. The lowest BCUT2D eigenvalue weighted by molar-refractivity contribution is 0.0335. The Balaban J connectivity index is 2.18. The molecule has 1 saturated heterocycles. The topological polar surface area (TPSA) is 82.9 Å². The van der Waals surface area contributed by atoms with Crippen molar-refractivity contribution in [1.82, 2.24) is 0 Å². The fourth-order valence-electron chi connectivity index (χ4n) is 3.14. The third kappa shape index (κ3) is 2.03. The highest BCUT2D eigenvalue weighted by atomic mass is 19.1. The maximum atomic E-state index is 14.3. The second kappa shape index (κ2) is 4.84. The maximum absolute atomic E-state index is 14.3. The van der Waals surface area contributed by atoms with E-state index in [0.29, 0.717) is 5.69 Å². The number of aliphatic imine (C=N–C) groups is 1. The summed E-state index contributed by atoms with van der Waals surface area (Å²) in [5.74, 6) is -1.03. The smallest absolute Gasteiger partial charge is 0.283 e. The molecule has 4 atom stereocenters. The Bertz CT molecular complexity index is 596. The first-order chi connectivity index (χ1) is 9.98. The predicted molar refractivity (Wildman–Crippen MR) is 73.9 cm³/mol. The molecule has 1 fully saturated rings. The van der Waals surface area contributed by atoms with Crippen LogP contribution in [0.3, 0.4) is 0 Å². The van der Waals surface area contributed by atoms with Gasteiger partial charge in [-0.3, -0.25) is 0 Å². The van der Waals surface area contributed by atoms with Crippen molar-refractivity contribution in [1.29, 1.82) is 0 Å². The molecule has 0 saturated carbocycles. The van der Waals surface area contributed by atoms with Gasteiger partial charge >= 0.3 is 0 Å². The maximum Gasteiger partial charge on any atom is 0.283 e. The Morgan fingerprint density at radius 3 is 2.90 bits per heavy atom. The number of rotatable bonds is 2. The van der Waals surface area contributed by atoms with Gasteiger partial charge in [-0.2, -0.15) is 0 Å². The van der Waals surface area contributed by atoms with E-state index in [1.165, 1.54) is 18.2 Å². The second-order valence-electron chi connectivity index (χ2n) is 5.47. The van der Waals surface area contributed by atoms with E-state index in [2.05, 4.69) is 4.99 Å². The molecule has 2 aliphatic heterocycles. The summed E-state index contributed by atoms with van der Waals surface area (Å²) in [5, 5.41) is 0. The highest BCUT2D eigenvalue weighted by Crippen LogP contribution is 2.45. The molecule has 5 nitrogen and oxygen atoms in total. The average molecular weight is 297 g/mol. The summed E-state index contributed by atoms with van der Waals surface area (Å²) in [6.07, 6.45) is -0.724. The van der Waals surface area contributed by atoms with Gasteiger partial charge in [-0.15, -0.1) is 0 Å². The first kappa shape index (κ1) is 14.1. The molecule has 0 spiro atoms. The lowest BCUT2D eigenvalue weighted by Crippen LogP contribution is -2.51. The van der Waals surface area contributed by atoms with E-state index in [4.69, 9.17) is 20.9 Å². The fourth-order valence-corrected chi connectivity index (χ4v) is 3.14. The average Bonchev–Trinajstić information content (AvgIpc) is 2.82. The number of nitrogens with two attached hydrogens (primary N) is 2. The number of fused-ring (bicyclic) bond motifs is 1. The summed E-state index contributed by atoms with van der Waals surface area (Å²) in [7, 11) is 0. The monoisotopic (exact) mass is 297 g/mol. The van der Waals surface area contributed by atoms with E-state index >= 15 is 0 Å². The van der Waals surface area contributed by atoms with Gasteiger partial charge in [0.05, 0.1) is 18.6 Å². The summed E-state index contributed by atoms with van der Waals surface area (Å²) < 4.78 is 39.2. The molecule has 114 valence electrons. The van der Waals surface area contributed by atoms with E-state index in [-0.39, 0.29) is 24.3 Å².